The molecular weight excluding hydrogens is 240 g/mol. The molecule has 0 heterocycles. The number of rotatable bonds is 2. The highest BCUT2D eigenvalue weighted by Crippen LogP contribution is 2.40. The van der Waals surface area contributed by atoms with Crippen LogP contribution in [-0.2, 0) is 4.79 Å². The third kappa shape index (κ3) is 4.27. The lowest BCUT2D eigenvalue weighted by Crippen LogP contribution is -2.41. The fourth-order valence-electron chi connectivity index (χ4n) is 2.70. The van der Waals surface area contributed by atoms with Gasteiger partial charge in [-0.05, 0) is 35.1 Å². The molecule has 106 valence electrons. The van der Waals surface area contributed by atoms with Crippen LogP contribution in [0.4, 0.5) is 0 Å². The van der Waals surface area contributed by atoms with E-state index in [0.29, 0.717) is 5.75 Å². The number of hydrogen-bond acceptors (Lipinski definition) is 3. The Morgan fingerprint density at radius 1 is 1.00 bits per heavy atom. The van der Waals surface area contributed by atoms with Gasteiger partial charge in [0.05, 0.1) is 5.92 Å². The van der Waals surface area contributed by atoms with E-state index in [0.717, 1.165) is 0 Å². The summed E-state index contributed by atoms with van der Waals surface area (Å²) in [6.45, 7) is 12.3. The summed E-state index contributed by atoms with van der Waals surface area (Å²) in [5.74, 6) is 0.170. The van der Waals surface area contributed by atoms with Crippen molar-refractivity contribution < 1.29 is 14.6 Å². The smallest absolute Gasteiger partial charge is 0.315 e. The lowest BCUT2D eigenvalue weighted by atomic mass is 9.67. The normalized spacial score (nSPS) is 12.6. The van der Waals surface area contributed by atoms with Gasteiger partial charge >= 0.3 is 5.97 Å². The van der Waals surface area contributed by atoms with Crippen LogP contribution in [0.5, 0.6) is 11.5 Å². The van der Waals surface area contributed by atoms with Crippen molar-refractivity contribution in [3.8, 4) is 11.5 Å². The fraction of sp³-hybridized carbons (Fsp3) is 0.562. The highest BCUT2D eigenvalue weighted by molar-refractivity contribution is 5.76. The summed E-state index contributed by atoms with van der Waals surface area (Å²) >= 11 is 0. The second-order valence-electron chi connectivity index (χ2n) is 7.08. The van der Waals surface area contributed by atoms with Gasteiger partial charge in [0.15, 0.2) is 0 Å². The molecule has 0 aliphatic rings. The third-order valence-electron chi connectivity index (χ3n) is 3.02. The number of ether oxygens (including phenoxy) is 1. The number of phenolic OH excluding ortho intramolecular Hbond substituents is 1. The topological polar surface area (TPSA) is 46.5 Å². The number of aromatic hydroxyl groups is 1. The molecule has 0 unspecified atom stereocenters. The molecule has 0 saturated carbocycles. The van der Waals surface area contributed by atoms with Crippen molar-refractivity contribution >= 4 is 5.97 Å². The maximum atomic E-state index is 12.4. The number of carbonyl (C=O) groups excluding carboxylic acids is 1. The van der Waals surface area contributed by atoms with Crippen LogP contribution < -0.4 is 4.74 Å². The van der Waals surface area contributed by atoms with Crippen LogP contribution in [0.1, 0.15) is 41.5 Å². The Balaban J connectivity index is 2.93. The van der Waals surface area contributed by atoms with Crippen molar-refractivity contribution in [3.63, 3.8) is 0 Å². The van der Waals surface area contributed by atoms with E-state index in [1.807, 2.05) is 41.5 Å². The van der Waals surface area contributed by atoms with Crippen molar-refractivity contribution in [2.24, 2.45) is 16.7 Å². The molecule has 0 bridgehead atoms. The molecule has 0 saturated heterocycles. The van der Waals surface area contributed by atoms with Crippen LogP contribution in [0, 0.1) is 16.7 Å². The molecule has 1 N–H and O–H groups in total. The van der Waals surface area contributed by atoms with Gasteiger partial charge in [0.1, 0.15) is 11.5 Å². The predicted octanol–water partition coefficient (Wildman–Crippen LogP) is 4.01. The zero-order valence-electron chi connectivity index (χ0n) is 12.7. The predicted molar refractivity (Wildman–Crippen MR) is 76.1 cm³/mol. The van der Waals surface area contributed by atoms with Crippen molar-refractivity contribution in [1.82, 2.24) is 0 Å². The number of esters is 1. The molecule has 0 radical (unpaired) electrons. The van der Waals surface area contributed by atoms with Gasteiger partial charge < -0.3 is 9.84 Å². The summed E-state index contributed by atoms with van der Waals surface area (Å²) in [5.41, 5.74) is -0.349. The third-order valence-corrected chi connectivity index (χ3v) is 3.02. The van der Waals surface area contributed by atoms with Crippen LogP contribution in [0.25, 0.3) is 0 Å². The average Bonchev–Trinajstić information content (AvgIpc) is 2.16. The summed E-state index contributed by atoms with van der Waals surface area (Å²) in [4.78, 5) is 12.4. The Labute approximate surface area is 115 Å². The quantitative estimate of drug-likeness (QED) is 0.648. The molecule has 1 aromatic carbocycles. The molecule has 0 amide bonds. The largest absolute Gasteiger partial charge is 0.508 e. The Bertz CT molecular complexity index is 419. The highest BCUT2D eigenvalue weighted by Gasteiger charge is 2.41. The van der Waals surface area contributed by atoms with Crippen LogP contribution in [0.3, 0.4) is 0 Å². The van der Waals surface area contributed by atoms with Gasteiger partial charge in [-0.25, -0.2) is 0 Å². The number of carbonyl (C=O) groups is 1. The maximum absolute atomic E-state index is 12.4. The van der Waals surface area contributed by atoms with Gasteiger partial charge in [-0.3, -0.25) is 4.79 Å². The van der Waals surface area contributed by atoms with Crippen molar-refractivity contribution in [2.45, 2.75) is 41.5 Å². The molecule has 0 aliphatic heterocycles. The Morgan fingerprint density at radius 3 is 1.79 bits per heavy atom. The molecule has 3 nitrogen and oxygen atoms in total. The zero-order valence-corrected chi connectivity index (χ0v) is 12.7. The lowest BCUT2D eigenvalue weighted by molar-refractivity contribution is -0.147. The van der Waals surface area contributed by atoms with Gasteiger partial charge in [-0.2, -0.15) is 0 Å². The summed E-state index contributed by atoms with van der Waals surface area (Å²) in [6.07, 6.45) is 0. The summed E-state index contributed by atoms with van der Waals surface area (Å²) in [7, 11) is 0. The van der Waals surface area contributed by atoms with E-state index in [-0.39, 0.29) is 28.5 Å². The van der Waals surface area contributed by atoms with E-state index in [1.54, 1.807) is 12.1 Å². The number of phenols is 1. The second-order valence-corrected chi connectivity index (χ2v) is 7.08. The average molecular weight is 264 g/mol. The monoisotopic (exact) mass is 264 g/mol. The standard InChI is InChI=1S/C16H24O3/c1-15(2,3)13(16(4,5)6)14(18)19-12-9-7-11(17)8-10-12/h7-10,13,17H,1-6H3. The first-order valence-electron chi connectivity index (χ1n) is 6.52. The number of hydrogen-bond donors (Lipinski definition) is 1. The summed E-state index contributed by atoms with van der Waals surface area (Å²) < 4.78 is 5.43. The van der Waals surface area contributed by atoms with Crippen LogP contribution in [0.15, 0.2) is 24.3 Å². The molecule has 0 fully saturated rings. The minimum atomic E-state index is -0.231. The Hall–Kier alpha value is -1.51. The van der Waals surface area contributed by atoms with Gasteiger partial charge in [0, 0.05) is 0 Å². The molecule has 0 aliphatic carbocycles. The van der Waals surface area contributed by atoms with Crippen LogP contribution in [0.2, 0.25) is 0 Å². The second kappa shape index (κ2) is 5.24. The van der Waals surface area contributed by atoms with E-state index in [9.17, 15) is 9.90 Å². The summed E-state index contributed by atoms with van der Waals surface area (Å²) in [5, 5.41) is 9.22. The van der Waals surface area contributed by atoms with Crippen molar-refractivity contribution in [1.29, 1.82) is 0 Å². The molecule has 0 spiro atoms. The molecule has 1 aromatic rings. The Morgan fingerprint density at radius 2 is 1.42 bits per heavy atom. The number of benzene rings is 1. The lowest BCUT2D eigenvalue weighted by Gasteiger charge is -2.38. The highest BCUT2D eigenvalue weighted by atomic mass is 16.5. The van der Waals surface area contributed by atoms with Gasteiger partial charge in [0.25, 0.3) is 0 Å². The van der Waals surface area contributed by atoms with Crippen LogP contribution >= 0.6 is 0 Å². The first kappa shape index (κ1) is 15.5. The summed E-state index contributed by atoms with van der Waals surface area (Å²) in [6, 6.07) is 6.20. The maximum Gasteiger partial charge on any atom is 0.315 e. The molecule has 0 aromatic heterocycles. The molecule has 0 atom stereocenters. The minimum Gasteiger partial charge on any atom is -0.508 e. The van der Waals surface area contributed by atoms with E-state index in [2.05, 4.69) is 0 Å². The fourth-order valence-corrected chi connectivity index (χ4v) is 2.70. The minimum absolute atomic E-state index is 0.156. The molecular formula is C16H24O3. The SMILES string of the molecule is CC(C)(C)C(C(=O)Oc1ccc(O)cc1)C(C)(C)C. The first-order valence-corrected chi connectivity index (χ1v) is 6.52. The van der Waals surface area contributed by atoms with E-state index in [4.69, 9.17) is 4.74 Å². The zero-order chi connectivity index (χ0) is 14.8. The van der Waals surface area contributed by atoms with Gasteiger partial charge in [-0.15, -0.1) is 0 Å². The van der Waals surface area contributed by atoms with Crippen LogP contribution in [-0.4, -0.2) is 11.1 Å². The molecule has 1 rings (SSSR count). The van der Waals surface area contributed by atoms with Gasteiger partial charge in [0.2, 0.25) is 0 Å². The van der Waals surface area contributed by atoms with E-state index in [1.165, 1.54) is 12.1 Å². The first-order chi connectivity index (χ1) is 8.51. The molecule has 19 heavy (non-hydrogen) atoms. The van der Waals surface area contributed by atoms with Gasteiger partial charge in [-0.1, -0.05) is 41.5 Å². The van der Waals surface area contributed by atoms with E-state index >= 15 is 0 Å². The van der Waals surface area contributed by atoms with E-state index < -0.39 is 0 Å². The molecule has 3 heteroatoms. The van der Waals surface area contributed by atoms with Crippen molar-refractivity contribution in [3.05, 3.63) is 24.3 Å². The van der Waals surface area contributed by atoms with Crippen molar-refractivity contribution in [2.75, 3.05) is 0 Å². The Kier molecular flexibility index (Phi) is 4.28.